The van der Waals surface area contributed by atoms with Crippen molar-refractivity contribution in [2.24, 2.45) is 0 Å². The van der Waals surface area contributed by atoms with E-state index >= 15 is 0 Å². The summed E-state index contributed by atoms with van der Waals surface area (Å²) in [6, 6.07) is 13.6. The van der Waals surface area contributed by atoms with Gasteiger partial charge in [0.2, 0.25) is 0 Å². The van der Waals surface area contributed by atoms with E-state index in [1.807, 2.05) is 50.2 Å². The second kappa shape index (κ2) is 9.34. The number of halogens is 1. The minimum atomic E-state index is -0.776. The minimum absolute atomic E-state index is 0.0997. The summed E-state index contributed by atoms with van der Waals surface area (Å²) in [7, 11) is 0. The topological polar surface area (TPSA) is 75.9 Å². The third-order valence-corrected chi connectivity index (χ3v) is 5.54. The number of hydrogen-bond donors (Lipinski definition) is 1. The second-order valence-corrected chi connectivity index (χ2v) is 8.26. The summed E-state index contributed by atoms with van der Waals surface area (Å²) in [6.07, 6.45) is 2.21. The van der Waals surface area contributed by atoms with Crippen LogP contribution >= 0.6 is 0 Å². The van der Waals surface area contributed by atoms with Crippen LogP contribution in [0, 0.1) is 6.92 Å². The standard InChI is InChI=1S/C23H27FN6O/c1-16-5-7-18(8-6-16)19-10-20(12-22(11-19)30-15-25-27-28-30)23(31)26-17(2)13-29-9-3-4-21(24)14-29/h5-8,10-12,15,17,21H,3-4,9,13-14H2,1-2H3,(H,26,31)/t17-,21?/m1/s1. The molecule has 1 amide bonds. The molecule has 0 spiro atoms. The number of piperidine rings is 1. The Morgan fingerprint density at radius 2 is 2.03 bits per heavy atom. The number of nitrogens with one attached hydrogen (secondary N) is 1. The Morgan fingerprint density at radius 3 is 2.74 bits per heavy atom. The van der Waals surface area contributed by atoms with Gasteiger partial charge in [-0.2, -0.15) is 0 Å². The van der Waals surface area contributed by atoms with E-state index < -0.39 is 6.17 Å². The van der Waals surface area contributed by atoms with Crippen LogP contribution in [-0.2, 0) is 0 Å². The van der Waals surface area contributed by atoms with Gasteiger partial charge in [0.25, 0.3) is 5.91 Å². The molecule has 1 N–H and O–H groups in total. The number of hydrogen-bond acceptors (Lipinski definition) is 5. The SMILES string of the molecule is Cc1ccc(-c2cc(C(=O)N[C@H](C)CN3CCCC(F)C3)cc(-n3cnnn3)c2)cc1. The zero-order valence-electron chi connectivity index (χ0n) is 17.8. The van der Waals surface area contributed by atoms with Crippen molar-refractivity contribution < 1.29 is 9.18 Å². The molecule has 1 aromatic heterocycles. The van der Waals surface area contributed by atoms with Crippen LogP contribution < -0.4 is 5.32 Å². The first-order valence-corrected chi connectivity index (χ1v) is 10.6. The van der Waals surface area contributed by atoms with Gasteiger partial charge in [0, 0.05) is 24.7 Å². The average Bonchev–Trinajstić information content (AvgIpc) is 3.29. The lowest BCUT2D eigenvalue weighted by atomic mass is 10.0. The van der Waals surface area contributed by atoms with Gasteiger partial charge in [-0.05, 0) is 73.0 Å². The molecule has 2 atom stereocenters. The van der Waals surface area contributed by atoms with Crippen molar-refractivity contribution in [3.8, 4) is 16.8 Å². The van der Waals surface area contributed by atoms with E-state index in [-0.39, 0.29) is 11.9 Å². The van der Waals surface area contributed by atoms with Crippen molar-refractivity contribution in [3.05, 3.63) is 59.9 Å². The number of nitrogens with zero attached hydrogens (tertiary/aromatic N) is 5. The number of carbonyl (C=O) groups excluding carboxylic acids is 1. The number of benzene rings is 2. The van der Waals surface area contributed by atoms with Crippen molar-refractivity contribution in [1.29, 1.82) is 0 Å². The highest BCUT2D eigenvalue weighted by Gasteiger charge is 2.21. The van der Waals surface area contributed by atoms with Crippen molar-refractivity contribution in [2.45, 2.75) is 38.9 Å². The van der Waals surface area contributed by atoms with Gasteiger partial charge in [-0.15, -0.1) is 5.10 Å². The smallest absolute Gasteiger partial charge is 0.251 e. The van der Waals surface area contributed by atoms with Gasteiger partial charge >= 0.3 is 0 Å². The molecule has 1 unspecified atom stereocenters. The first kappa shape index (κ1) is 21.1. The molecule has 1 saturated heterocycles. The van der Waals surface area contributed by atoms with Crippen LogP contribution in [0.4, 0.5) is 4.39 Å². The summed E-state index contributed by atoms with van der Waals surface area (Å²) < 4.78 is 15.2. The number of tetrazole rings is 1. The number of likely N-dealkylation sites (tertiary alicyclic amines) is 1. The lowest BCUT2D eigenvalue weighted by Gasteiger charge is -2.31. The molecule has 8 heteroatoms. The minimum Gasteiger partial charge on any atom is -0.348 e. The monoisotopic (exact) mass is 422 g/mol. The molecule has 0 saturated carbocycles. The molecule has 4 rings (SSSR count). The van der Waals surface area contributed by atoms with E-state index in [9.17, 15) is 9.18 Å². The van der Waals surface area contributed by atoms with Crippen LogP contribution in [0.3, 0.4) is 0 Å². The van der Waals surface area contributed by atoms with Gasteiger partial charge in [-0.25, -0.2) is 9.07 Å². The summed E-state index contributed by atoms with van der Waals surface area (Å²) in [5.41, 5.74) is 4.31. The molecule has 2 heterocycles. The molecule has 0 bridgehead atoms. The van der Waals surface area contributed by atoms with Crippen molar-refractivity contribution in [3.63, 3.8) is 0 Å². The molecule has 0 aliphatic carbocycles. The molecule has 1 fully saturated rings. The lowest BCUT2D eigenvalue weighted by molar-refractivity contribution is 0.0908. The van der Waals surface area contributed by atoms with Gasteiger partial charge in [0.1, 0.15) is 12.5 Å². The van der Waals surface area contributed by atoms with Crippen molar-refractivity contribution in [1.82, 2.24) is 30.4 Å². The zero-order valence-corrected chi connectivity index (χ0v) is 17.8. The van der Waals surface area contributed by atoms with E-state index in [1.165, 1.54) is 16.6 Å². The zero-order chi connectivity index (χ0) is 21.8. The predicted octanol–water partition coefficient (Wildman–Crippen LogP) is 3.19. The molecule has 1 aliphatic rings. The number of aryl methyl sites for hydroxylation is 1. The fourth-order valence-electron chi connectivity index (χ4n) is 3.97. The molecule has 1 aliphatic heterocycles. The Kier molecular flexibility index (Phi) is 6.36. The van der Waals surface area contributed by atoms with Crippen LogP contribution in [0.2, 0.25) is 0 Å². The highest BCUT2D eigenvalue weighted by molar-refractivity contribution is 5.96. The fraction of sp³-hybridized carbons (Fsp3) is 0.391. The summed E-state index contributed by atoms with van der Waals surface area (Å²) in [4.78, 5) is 15.1. The molecule has 3 aromatic rings. The number of carbonyl (C=O) groups is 1. The number of rotatable bonds is 6. The van der Waals surface area contributed by atoms with E-state index in [4.69, 9.17) is 0 Å². The third-order valence-electron chi connectivity index (χ3n) is 5.54. The first-order valence-electron chi connectivity index (χ1n) is 10.6. The predicted molar refractivity (Wildman–Crippen MR) is 117 cm³/mol. The van der Waals surface area contributed by atoms with Crippen molar-refractivity contribution >= 4 is 5.91 Å². The Morgan fingerprint density at radius 1 is 1.23 bits per heavy atom. The summed E-state index contributed by atoms with van der Waals surface area (Å²) >= 11 is 0. The molecule has 2 aromatic carbocycles. The molecule has 162 valence electrons. The maximum atomic E-state index is 13.7. The van der Waals surface area contributed by atoms with Gasteiger partial charge < -0.3 is 5.32 Å². The maximum absolute atomic E-state index is 13.7. The van der Waals surface area contributed by atoms with Crippen LogP contribution in [0.15, 0.2) is 48.8 Å². The normalized spacial score (nSPS) is 18.0. The van der Waals surface area contributed by atoms with E-state index in [0.717, 1.165) is 24.1 Å². The molecule has 31 heavy (non-hydrogen) atoms. The van der Waals surface area contributed by atoms with Gasteiger partial charge in [-0.1, -0.05) is 29.8 Å². The molecular formula is C23H27FN6O. The van der Waals surface area contributed by atoms with E-state index in [1.54, 1.807) is 6.07 Å². The van der Waals surface area contributed by atoms with Crippen LogP contribution in [0.25, 0.3) is 16.8 Å². The number of aromatic nitrogens is 4. The third kappa shape index (κ3) is 5.32. The lowest BCUT2D eigenvalue weighted by Crippen LogP contribution is -2.46. The quantitative estimate of drug-likeness (QED) is 0.660. The molecule has 7 nitrogen and oxygen atoms in total. The Hall–Kier alpha value is -3.13. The van der Waals surface area contributed by atoms with Crippen LogP contribution in [0.1, 0.15) is 35.7 Å². The number of alkyl halides is 1. The average molecular weight is 423 g/mol. The Labute approximate surface area is 181 Å². The molecular weight excluding hydrogens is 395 g/mol. The van der Waals surface area contributed by atoms with Crippen molar-refractivity contribution in [2.75, 3.05) is 19.6 Å². The van der Waals surface area contributed by atoms with Crippen LogP contribution in [-0.4, -0.2) is 62.9 Å². The largest absolute Gasteiger partial charge is 0.348 e. The highest BCUT2D eigenvalue weighted by atomic mass is 19.1. The fourth-order valence-corrected chi connectivity index (χ4v) is 3.97. The number of amides is 1. The second-order valence-electron chi connectivity index (χ2n) is 8.26. The maximum Gasteiger partial charge on any atom is 0.251 e. The Balaban J connectivity index is 1.56. The molecule has 0 radical (unpaired) electrons. The first-order chi connectivity index (χ1) is 15.0. The summed E-state index contributed by atoms with van der Waals surface area (Å²) in [5.74, 6) is -0.176. The van der Waals surface area contributed by atoms with E-state index in [2.05, 4.69) is 25.7 Å². The highest BCUT2D eigenvalue weighted by Crippen LogP contribution is 2.25. The van der Waals surface area contributed by atoms with Crippen LogP contribution in [0.5, 0.6) is 0 Å². The Bertz CT molecular complexity index is 1020. The summed E-state index contributed by atoms with van der Waals surface area (Å²) in [5, 5.41) is 14.4. The van der Waals surface area contributed by atoms with Gasteiger partial charge in [-0.3, -0.25) is 9.69 Å². The van der Waals surface area contributed by atoms with Gasteiger partial charge in [0.05, 0.1) is 5.69 Å². The van der Waals surface area contributed by atoms with E-state index in [0.29, 0.717) is 30.8 Å². The van der Waals surface area contributed by atoms with Gasteiger partial charge in [0.15, 0.2) is 0 Å². The summed E-state index contributed by atoms with van der Waals surface area (Å²) in [6.45, 7) is 5.92.